The van der Waals surface area contributed by atoms with Crippen molar-refractivity contribution in [3.05, 3.63) is 59.7 Å². The van der Waals surface area contributed by atoms with Crippen molar-refractivity contribution in [3.8, 4) is 0 Å². The molecule has 6 heteroatoms. The molecule has 1 atom stereocenters. The molecule has 0 aromatic heterocycles. The Hall–Kier alpha value is -3.02. The summed E-state index contributed by atoms with van der Waals surface area (Å²) in [5, 5.41) is 8.68. The third-order valence-corrected chi connectivity index (χ3v) is 4.12. The first-order valence-corrected chi connectivity index (χ1v) is 9.33. The number of hydrogen-bond donors (Lipinski definition) is 3. The van der Waals surface area contributed by atoms with Crippen molar-refractivity contribution in [3.63, 3.8) is 0 Å². The van der Waals surface area contributed by atoms with Gasteiger partial charge in [0.2, 0.25) is 0 Å². The molecule has 1 unspecified atom stereocenters. The largest absolute Gasteiger partial charge is 0.377 e. The third-order valence-electron chi connectivity index (χ3n) is 4.12. The van der Waals surface area contributed by atoms with Crippen LogP contribution in [0.4, 0.5) is 16.2 Å². The van der Waals surface area contributed by atoms with Crippen molar-refractivity contribution in [2.24, 2.45) is 0 Å². The molecule has 0 radical (unpaired) electrons. The summed E-state index contributed by atoms with van der Waals surface area (Å²) in [5.74, 6) is -0.195. The molecule has 28 heavy (non-hydrogen) atoms. The smallest absolute Gasteiger partial charge is 0.319 e. The van der Waals surface area contributed by atoms with E-state index < -0.39 is 0 Å². The second-order valence-corrected chi connectivity index (χ2v) is 8.06. The van der Waals surface area contributed by atoms with Crippen LogP contribution in [0.25, 0.3) is 0 Å². The van der Waals surface area contributed by atoms with Crippen LogP contribution in [0, 0.1) is 0 Å². The summed E-state index contributed by atoms with van der Waals surface area (Å²) in [6, 6.07) is 14.7. The number of nitrogens with one attached hydrogen (secondary N) is 3. The number of amides is 3. The van der Waals surface area contributed by atoms with E-state index in [0.717, 1.165) is 11.3 Å². The second-order valence-electron chi connectivity index (χ2n) is 8.06. The quantitative estimate of drug-likeness (QED) is 0.727. The zero-order valence-corrected chi connectivity index (χ0v) is 17.5. The lowest BCUT2D eigenvalue weighted by molar-refractivity contribution is 0.0940. The molecule has 6 nitrogen and oxygen atoms in total. The topological polar surface area (TPSA) is 73.5 Å². The molecule has 2 aromatic rings. The molecule has 0 bridgehead atoms. The van der Waals surface area contributed by atoms with Crippen LogP contribution in [0.5, 0.6) is 0 Å². The molecule has 0 fully saturated rings. The van der Waals surface area contributed by atoms with Crippen LogP contribution in [-0.2, 0) is 0 Å². The fraction of sp³-hybridized carbons (Fsp3) is 0.364. The number of benzene rings is 2. The first-order valence-electron chi connectivity index (χ1n) is 9.33. The summed E-state index contributed by atoms with van der Waals surface area (Å²) in [6.45, 7) is 7.67. The third kappa shape index (κ3) is 6.01. The van der Waals surface area contributed by atoms with E-state index in [2.05, 4.69) is 16.0 Å². The highest BCUT2D eigenvalue weighted by Crippen LogP contribution is 2.24. The average Bonchev–Trinajstić information content (AvgIpc) is 2.60. The van der Waals surface area contributed by atoms with Crippen molar-refractivity contribution in [1.82, 2.24) is 10.6 Å². The van der Waals surface area contributed by atoms with Crippen LogP contribution in [0.15, 0.2) is 48.5 Å². The summed E-state index contributed by atoms with van der Waals surface area (Å²) in [5.41, 5.74) is 2.52. The van der Waals surface area contributed by atoms with E-state index in [4.69, 9.17) is 0 Å². The molecule has 3 N–H and O–H groups in total. The van der Waals surface area contributed by atoms with E-state index in [0.29, 0.717) is 11.3 Å². The molecular formula is C22H30N4O2. The number of anilines is 2. The van der Waals surface area contributed by atoms with Gasteiger partial charge in [-0.2, -0.15) is 0 Å². The van der Waals surface area contributed by atoms with Gasteiger partial charge in [-0.25, -0.2) is 4.79 Å². The number of urea groups is 1. The van der Waals surface area contributed by atoms with Gasteiger partial charge in [0.15, 0.2) is 0 Å². The minimum atomic E-state index is -0.348. The highest BCUT2D eigenvalue weighted by Gasteiger charge is 2.18. The molecule has 150 valence electrons. The summed E-state index contributed by atoms with van der Waals surface area (Å²) in [7, 11) is 3.76. The van der Waals surface area contributed by atoms with Gasteiger partial charge in [-0.1, -0.05) is 30.3 Å². The van der Waals surface area contributed by atoms with Gasteiger partial charge in [0.05, 0.1) is 11.6 Å². The Morgan fingerprint density at radius 3 is 2.21 bits per heavy atom. The van der Waals surface area contributed by atoms with E-state index in [-0.39, 0.29) is 23.5 Å². The lowest BCUT2D eigenvalue weighted by atomic mass is 10.1. The van der Waals surface area contributed by atoms with Crippen molar-refractivity contribution in [1.29, 1.82) is 0 Å². The molecular weight excluding hydrogens is 352 g/mol. The van der Waals surface area contributed by atoms with Gasteiger partial charge in [0.25, 0.3) is 5.91 Å². The van der Waals surface area contributed by atoms with Crippen molar-refractivity contribution < 1.29 is 9.59 Å². The Labute approximate surface area is 167 Å². The normalized spacial score (nSPS) is 12.1. The lowest BCUT2D eigenvalue weighted by Crippen LogP contribution is -2.43. The number of hydrogen-bond acceptors (Lipinski definition) is 3. The fourth-order valence-electron chi connectivity index (χ4n) is 2.79. The van der Waals surface area contributed by atoms with Crippen LogP contribution in [0.1, 0.15) is 49.7 Å². The molecule has 0 aliphatic heterocycles. The lowest BCUT2D eigenvalue weighted by Gasteiger charge is -2.22. The van der Waals surface area contributed by atoms with E-state index >= 15 is 0 Å². The van der Waals surface area contributed by atoms with Gasteiger partial charge in [-0.15, -0.1) is 0 Å². The molecule has 3 amide bonds. The van der Waals surface area contributed by atoms with E-state index in [9.17, 15) is 9.59 Å². The van der Waals surface area contributed by atoms with Gasteiger partial charge < -0.3 is 20.9 Å². The summed E-state index contributed by atoms with van der Waals surface area (Å²) in [6.07, 6.45) is 0. The highest BCUT2D eigenvalue weighted by atomic mass is 16.2. The molecule has 2 rings (SSSR count). The summed E-state index contributed by atoms with van der Waals surface area (Å²) >= 11 is 0. The minimum absolute atomic E-state index is 0.135. The van der Waals surface area contributed by atoms with E-state index in [1.54, 1.807) is 12.1 Å². The standard InChI is InChI=1S/C22H30N4O2/c1-15(16-10-8-7-9-11-16)23-20(27)18-14-17(12-13-19(18)26(5)6)24-21(28)25-22(2,3)4/h7-15H,1-6H3,(H,23,27)(H2,24,25,28). The highest BCUT2D eigenvalue weighted by molar-refractivity contribution is 6.02. The van der Waals surface area contributed by atoms with E-state index in [1.807, 2.05) is 83.1 Å². The van der Waals surface area contributed by atoms with Gasteiger partial charge in [-0.05, 0) is 51.5 Å². The Morgan fingerprint density at radius 1 is 1.00 bits per heavy atom. The summed E-state index contributed by atoms with van der Waals surface area (Å²) < 4.78 is 0. The van der Waals surface area contributed by atoms with Crippen molar-refractivity contribution in [2.45, 2.75) is 39.3 Å². The van der Waals surface area contributed by atoms with Gasteiger partial charge in [0, 0.05) is 31.0 Å². The Kier molecular flexibility index (Phi) is 6.67. The van der Waals surface area contributed by atoms with Gasteiger partial charge in [0.1, 0.15) is 0 Å². The average molecular weight is 383 g/mol. The second kappa shape index (κ2) is 8.78. The van der Waals surface area contributed by atoms with Crippen molar-refractivity contribution in [2.75, 3.05) is 24.3 Å². The minimum Gasteiger partial charge on any atom is -0.377 e. The molecule has 0 aliphatic carbocycles. The Bertz CT molecular complexity index is 826. The molecule has 0 spiro atoms. The fourth-order valence-corrected chi connectivity index (χ4v) is 2.79. The maximum absolute atomic E-state index is 13.0. The first-order chi connectivity index (χ1) is 13.1. The zero-order chi connectivity index (χ0) is 20.9. The maximum Gasteiger partial charge on any atom is 0.319 e. The maximum atomic E-state index is 13.0. The Morgan fingerprint density at radius 2 is 1.64 bits per heavy atom. The van der Waals surface area contributed by atoms with E-state index in [1.165, 1.54) is 0 Å². The van der Waals surface area contributed by atoms with Crippen LogP contribution < -0.4 is 20.9 Å². The van der Waals surface area contributed by atoms with Gasteiger partial charge >= 0.3 is 6.03 Å². The first kappa shape index (κ1) is 21.3. The van der Waals surface area contributed by atoms with Crippen LogP contribution in [0.3, 0.4) is 0 Å². The predicted octanol–water partition coefficient (Wildman–Crippen LogP) is 4.16. The Balaban J connectivity index is 2.22. The molecule has 0 heterocycles. The predicted molar refractivity (Wildman–Crippen MR) is 115 cm³/mol. The number of carbonyl (C=O) groups is 2. The number of rotatable bonds is 5. The van der Waals surface area contributed by atoms with Crippen LogP contribution in [0.2, 0.25) is 0 Å². The van der Waals surface area contributed by atoms with Crippen molar-refractivity contribution >= 4 is 23.3 Å². The van der Waals surface area contributed by atoms with Crippen LogP contribution >= 0.6 is 0 Å². The molecule has 0 saturated heterocycles. The monoisotopic (exact) mass is 382 g/mol. The molecule has 0 saturated carbocycles. The molecule has 2 aromatic carbocycles. The van der Waals surface area contributed by atoms with Gasteiger partial charge in [-0.3, -0.25) is 4.79 Å². The summed E-state index contributed by atoms with van der Waals surface area (Å²) in [4.78, 5) is 27.0. The van der Waals surface area contributed by atoms with Crippen LogP contribution in [-0.4, -0.2) is 31.6 Å². The number of carbonyl (C=O) groups excluding carboxylic acids is 2. The SMILES string of the molecule is CC(NC(=O)c1cc(NC(=O)NC(C)(C)C)ccc1N(C)C)c1ccccc1. The zero-order valence-electron chi connectivity index (χ0n) is 17.5. The molecule has 0 aliphatic rings. The number of nitrogens with zero attached hydrogens (tertiary/aromatic N) is 1.